The van der Waals surface area contributed by atoms with Gasteiger partial charge in [-0.3, -0.25) is 14.3 Å². The summed E-state index contributed by atoms with van der Waals surface area (Å²) in [5, 5.41) is 4.93. The molecule has 0 aromatic carbocycles. The van der Waals surface area contributed by atoms with Crippen molar-refractivity contribution in [3.8, 4) is 5.69 Å². The number of pyridine rings is 2. The van der Waals surface area contributed by atoms with Crippen LogP contribution in [0.2, 0.25) is 5.02 Å². The van der Waals surface area contributed by atoms with Gasteiger partial charge in [0.05, 0.1) is 44.0 Å². The van der Waals surface area contributed by atoms with Crippen molar-refractivity contribution in [1.29, 1.82) is 0 Å². The minimum Gasteiger partial charge on any atom is -0.282 e. The lowest BCUT2D eigenvalue weighted by molar-refractivity contribution is 1.00. The molecule has 0 aliphatic carbocycles. The summed E-state index contributed by atoms with van der Waals surface area (Å²) in [6, 6.07) is 3.48. The maximum absolute atomic E-state index is 12.3. The van der Waals surface area contributed by atoms with E-state index in [1.54, 1.807) is 24.5 Å². The molecule has 0 fully saturated rings. The Bertz CT molecular complexity index is 799. The molecule has 0 unspecified atom stereocenters. The number of nitrogens with zero attached hydrogens (tertiary/aromatic N) is 4. The Morgan fingerprint density at radius 2 is 2.05 bits per heavy atom. The van der Waals surface area contributed by atoms with Crippen molar-refractivity contribution in [3.05, 3.63) is 52.3 Å². The maximum Gasteiger partial charge on any atom is 0.266 e. The summed E-state index contributed by atoms with van der Waals surface area (Å²) < 4.78 is 2.95. The monoisotopic (exact) mass is 404 g/mol. The highest BCUT2D eigenvalue weighted by Crippen LogP contribution is 2.18. The van der Waals surface area contributed by atoms with Crippen LogP contribution in [0.4, 0.5) is 0 Å². The zero-order valence-electron chi connectivity index (χ0n) is 9.33. The Labute approximate surface area is 131 Å². The van der Waals surface area contributed by atoms with Crippen LogP contribution in [-0.4, -0.2) is 18.4 Å². The van der Waals surface area contributed by atoms with Gasteiger partial charge in [-0.1, -0.05) is 11.6 Å². The fraction of sp³-hybridized carbons (Fsp3) is 0. The van der Waals surface area contributed by atoms with Gasteiger partial charge in [0, 0.05) is 18.6 Å². The van der Waals surface area contributed by atoms with Crippen LogP contribution in [0.15, 0.2) is 41.7 Å². The smallest absolute Gasteiger partial charge is 0.266 e. The van der Waals surface area contributed by atoms with Crippen LogP contribution in [0.25, 0.3) is 16.6 Å². The molecular weight excluding hydrogens is 399 g/mol. The first-order valence-corrected chi connectivity index (χ1v) is 6.12. The van der Waals surface area contributed by atoms with E-state index in [0.717, 1.165) is 0 Å². The van der Waals surface area contributed by atoms with Crippen molar-refractivity contribution in [1.82, 2.24) is 18.4 Å². The van der Waals surface area contributed by atoms with Gasteiger partial charge in [0.2, 0.25) is 0 Å². The second-order valence-electron chi connectivity index (χ2n) is 3.62. The number of aromatic nitrogens is 4. The lowest BCUT2D eigenvalue weighted by atomic mass is 10.3. The molecule has 0 saturated heterocycles. The summed E-state index contributed by atoms with van der Waals surface area (Å²) in [7, 11) is 0. The topological polar surface area (TPSA) is 52.7 Å². The van der Waals surface area contributed by atoms with E-state index in [0.29, 0.717) is 21.6 Å². The lowest BCUT2D eigenvalue weighted by Gasteiger charge is -2.06. The van der Waals surface area contributed by atoms with Crippen molar-refractivity contribution in [3.63, 3.8) is 0 Å². The molecular formula is C11H7Br2ClN4O. The molecule has 3 heterocycles. The normalized spacial score (nSPS) is 10.4. The van der Waals surface area contributed by atoms with Gasteiger partial charge in [-0.05, 0) is 12.1 Å². The molecule has 0 saturated carbocycles. The summed E-state index contributed by atoms with van der Waals surface area (Å²) in [6.07, 6.45) is 6.26. The Morgan fingerprint density at radius 3 is 2.79 bits per heavy atom. The average Bonchev–Trinajstić information content (AvgIpc) is 2.74. The molecule has 0 radical (unpaired) electrons. The molecule has 0 N–H and O–H groups in total. The van der Waals surface area contributed by atoms with Crippen molar-refractivity contribution in [2.75, 3.05) is 0 Å². The molecule has 0 spiro atoms. The SMILES string of the molecule is Br.O=c1c2cnn(Br)c2ccn1-c1ccncc1Cl. The standard InChI is InChI=1S/C11H6BrClN4O.BrH/c12-17-9-2-4-16(11(18)7(9)5-15-17)10-1-3-14-6-8(10)13;/h1-6H;1H. The Kier molecular flexibility index (Phi) is 4.07. The first-order valence-electron chi connectivity index (χ1n) is 5.04. The molecule has 19 heavy (non-hydrogen) atoms. The van der Waals surface area contributed by atoms with Gasteiger partial charge in [-0.25, -0.2) is 0 Å². The molecule has 0 aliphatic heterocycles. The number of halogens is 3. The van der Waals surface area contributed by atoms with Crippen LogP contribution >= 0.6 is 44.7 Å². The van der Waals surface area contributed by atoms with Gasteiger partial charge in [-0.2, -0.15) is 8.81 Å². The summed E-state index contributed by atoms with van der Waals surface area (Å²) >= 11 is 9.25. The summed E-state index contributed by atoms with van der Waals surface area (Å²) in [6.45, 7) is 0. The van der Waals surface area contributed by atoms with Crippen LogP contribution in [-0.2, 0) is 0 Å². The zero-order chi connectivity index (χ0) is 12.7. The van der Waals surface area contributed by atoms with Gasteiger partial charge >= 0.3 is 0 Å². The lowest BCUT2D eigenvalue weighted by Crippen LogP contribution is -2.17. The fourth-order valence-electron chi connectivity index (χ4n) is 1.75. The van der Waals surface area contributed by atoms with Crippen LogP contribution in [0.5, 0.6) is 0 Å². The highest BCUT2D eigenvalue weighted by molar-refractivity contribution is 9.08. The number of rotatable bonds is 1. The van der Waals surface area contributed by atoms with E-state index in [4.69, 9.17) is 11.6 Å². The second-order valence-corrected chi connectivity index (χ2v) is 4.70. The fourth-order valence-corrected chi connectivity index (χ4v) is 2.36. The van der Waals surface area contributed by atoms with Gasteiger partial charge in [0.1, 0.15) is 0 Å². The van der Waals surface area contributed by atoms with Crippen LogP contribution in [0, 0.1) is 0 Å². The van der Waals surface area contributed by atoms with Gasteiger partial charge < -0.3 is 0 Å². The molecule has 3 aromatic rings. The summed E-state index contributed by atoms with van der Waals surface area (Å²) in [5.41, 5.74) is 1.13. The Hall–Kier alpha value is -1.18. The van der Waals surface area contributed by atoms with E-state index < -0.39 is 0 Å². The van der Waals surface area contributed by atoms with E-state index in [2.05, 4.69) is 26.2 Å². The molecule has 3 rings (SSSR count). The van der Waals surface area contributed by atoms with Crippen molar-refractivity contribution >= 4 is 55.6 Å². The minimum absolute atomic E-state index is 0. The highest BCUT2D eigenvalue weighted by atomic mass is 79.9. The molecule has 5 nitrogen and oxygen atoms in total. The van der Waals surface area contributed by atoms with Crippen LogP contribution in [0.1, 0.15) is 0 Å². The number of fused-ring (bicyclic) bond motifs is 1. The molecule has 3 aromatic heterocycles. The van der Waals surface area contributed by atoms with Crippen molar-refractivity contribution in [2.45, 2.75) is 0 Å². The third kappa shape index (κ3) is 2.33. The molecule has 0 amide bonds. The molecule has 0 aliphatic rings. The van der Waals surface area contributed by atoms with Crippen molar-refractivity contribution in [2.24, 2.45) is 0 Å². The Balaban J connectivity index is 0.00000133. The Morgan fingerprint density at radius 1 is 1.26 bits per heavy atom. The first-order chi connectivity index (χ1) is 8.68. The first kappa shape index (κ1) is 14.2. The number of hydrogen-bond acceptors (Lipinski definition) is 3. The summed E-state index contributed by atoms with van der Waals surface area (Å²) in [5.74, 6) is 0. The minimum atomic E-state index is -0.175. The van der Waals surface area contributed by atoms with E-state index in [9.17, 15) is 4.79 Å². The van der Waals surface area contributed by atoms with Gasteiger partial charge in [0.15, 0.2) is 0 Å². The second kappa shape index (κ2) is 5.44. The van der Waals surface area contributed by atoms with Crippen LogP contribution < -0.4 is 5.56 Å². The zero-order valence-corrected chi connectivity index (χ0v) is 13.4. The largest absolute Gasteiger partial charge is 0.282 e. The molecule has 0 atom stereocenters. The predicted molar refractivity (Wildman–Crippen MR) is 82.8 cm³/mol. The van der Waals surface area contributed by atoms with Crippen molar-refractivity contribution < 1.29 is 0 Å². The van der Waals surface area contributed by atoms with E-state index in [-0.39, 0.29) is 22.5 Å². The molecule has 8 heteroatoms. The molecule has 98 valence electrons. The average molecular weight is 406 g/mol. The maximum atomic E-state index is 12.3. The van der Waals surface area contributed by atoms with Gasteiger partial charge in [-0.15, -0.1) is 17.0 Å². The molecule has 0 bridgehead atoms. The van der Waals surface area contributed by atoms with Gasteiger partial charge in [0.25, 0.3) is 5.56 Å². The number of hydrogen-bond donors (Lipinski definition) is 0. The van der Waals surface area contributed by atoms with E-state index in [1.807, 2.05) is 0 Å². The van der Waals surface area contributed by atoms with E-state index >= 15 is 0 Å². The third-order valence-electron chi connectivity index (χ3n) is 2.60. The van der Waals surface area contributed by atoms with Crippen LogP contribution in [0.3, 0.4) is 0 Å². The highest BCUT2D eigenvalue weighted by Gasteiger charge is 2.10. The summed E-state index contributed by atoms with van der Waals surface area (Å²) in [4.78, 5) is 16.2. The quantitative estimate of drug-likeness (QED) is 0.624. The van der Waals surface area contributed by atoms with E-state index in [1.165, 1.54) is 20.7 Å². The third-order valence-corrected chi connectivity index (χ3v) is 3.46. The predicted octanol–water partition coefficient (Wildman–Crippen LogP) is 2.97.